The number of nitro benzene ring substituents is 1. The molecule has 1 N–H and O–H groups in total. The molecule has 1 fully saturated rings. The second-order valence-corrected chi connectivity index (χ2v) is 8.53. The van der Waals surface area contributed by atoms with Gasteiger partial charge in [-0.2, -0.15) is 0 Å². The minimum atomic E-state index is -0.816. The van der Waals surface area contributed by atoms with Gasteiger partial charge in [0.1, 0.15) is 17.9 Å². The van der Waals surface area contributed by atoms with Crippen LogP contribution in [0.2, 0.25) is 0 Å². The molecule has 0 saturated carbocycles. The summed E-state index contributed by atoms with van der Waals surface area (Å²) in [5, 5.41) is 13.1. The van der Waals surface area contributed by atoms with Gasteiger partial charge in [-0.05, 0) is 60.0 Å². The molecule has 3 aromatic rings. The van der Waals surface area contributed by atoms with Crippen molar-refractivity contribution in [3.05, 3.63) is 104 Å². The van der Waals surface area contributed by atoms with Gasteiger partial charge in [-0.25, -0.2) is 9.69 Å². The average Bonchev–Trinajstić information content (AvgIpc) is 2.83. The standard InChI is InChI=1S/C25H18BrN3O6/c1-15-11-18(7-10-22(15)26)28-24(31)21(23(30)27-25(28)32)13-16-5-8-20(9-6-16)35-14-17-3-2-4-19(12-17)29(33)34/h2-13H,14H2,1H3,(H,27,30,32)/b21-13+. The molecule has 1 aliphatic heterocycles. The second kappa shape index (κ2) is 9.90. The molecule has 0 aromatic heterocycles. The van der Waals surface area contributed by atoms with Crippen LogP contribution in [0.4, 0.5) is 16.2 Å². The summed E-state index contributed by atoms with van der Waals surface area (Å²) >= 11 is 3.38. The molecule has 1 heterocycles. The number of nitrogens with one attached hydrogen (secondary N) is 1. The molecule has 0 spiro atoms. The zero-order chi connectivity index (χ0) is 25.1. The normalized spacial score (nSPS) is 14.7. The van der Waals surface area contributed by atoms with Crippen LogP contribution in [0.1, 0.15) is 16.7 Å². The minimum absolute atomic E-state index is 0.0191. The Morgan fingerprint density at radius 2 is 1.80 bits per heavy atom. The van der Waals surface area contributed by atoms with Crippen LogP contribution in [0.5, 0.6) is 5.75 Å². The number of amides is 4. The van der Waals surface area contributed by atoms with Gasteiger partial charge < -0.3 is 4.74 Å². The molecule has 9 nitrogen and oxygen atoms in total. The number of urea groups is 1. The molecule has 0 unspecified atom stereocenters. The van der Waals surface area contributed by atoms with Crippen molar-refractivity contribution < 1.29 is 24.0 Å². The van der Waals surface area contributed by atoms with E-state index in [4.69, 9.17) is 4.74 Å². The van der Waals surface area contributed by atoms with Crippen molar-refractivity contribution in [3.8, 4) is 5.75 Å². The van der Waals surface area contributed by atoms with Crippen molar-refractivity contribution in [2.45, 2.75) is 13.5 Å². The van der Waals surface area contributed by atoms with E-state index in [0.717, 1.165) is 14.9 Å². The van der Waals surface area contributed by atoms with Gasteiger partial charge in [0.25, 0.3) is 17.5 Å². The maximum absolute atomic E-state index is 13.0. The van der Waals surface area contributed by atoms with Crippen molar-refractivity contribution >= 4 is 51.2 Å². The van der Waals surface area contributed by atoms with Crippen LogP contribution in [0.15, 0.2) is 76.8 Å². The Balaban J connectivity index is 1.51. The van der Waals surface area contributed by atoms with Gasteiger partial charge in [0, 0.05) is 16.6 Å². The summed E-state index contributed by atoms with van der Waals surface area (Å²) < 4.78 is 6.50. The highest BCUT2D eigenvalue weighted by atomic mass is 79.9. The van der Waals surface area contributed by atoms with Crippen LogP contribution in [-0.2, 0) is 16.2 Å². The topological polar surface area (TPSA) is 119 Å². The highest BCUT2D eigenvalue weighted by Gasteiger charge is 2.36. The van der Waals surface area contributed by atoms with E-state index < -0.39 is 22.8 Å². The average molecular weight is 536 g/mol. The maximum atomic E-state index is 13.0. The number of rotatable bonds is 6. The fraction of sp³-hybridized carbons (Fsp3) is 0.0800. The summed E-state index contributed by atoms with van der Waals surface area (Å²) in [5.41, 5.74) is 2.16. The third kappa shape index (κ3) is 5.28. The number of nitrogens with zero attached hydrogens (tertiary/aromatic N) is 2. The lowest BCUT2D eigenvalue weighted by Crippen LogP contribution is -2.54. The van der Waals surface area contributed by atoms with Gasteiger partial charge >= 0.3 is 6.03 Å². The van der Waals surface area contributed by atoms with Crippen molar-refractivity contribution in [1.29, 1.82) is 0 Å². The van der Waals surface area contributed by atoms with E-state index >= 15 is 0 Å². The summed E-state index contributed by atoms with van der Waals surface area (Å²) in [5.74, 6) is -1.01. The fourth-order valence-corrected chi connectivity index (χ4v) is 3.66. The molecule has 10 heteroatoms. The monoisotopic (exact) mass is 535 g/mol. The number of carbonyl (C=O) groups excluding carboxylic acids is 3. The number of halogens is 1. The molecular weight excluding hydrogens is 518 g/mol. The SMILES string of the molecule is Cc1cc(N2C(=O)NC(=O)/C(=C\c3ccc(OCc4cccc([N+](=O)[O-])c4)cc3)C2=O)ccc1Br. The fourth-order valence-electron chi connectivity index (χ4n) is 3.41. The number of hydrogen-bond donors (Lipinski definition) is 1. The first kappa shape index (κ1) is 23.8. The van der Waals surface area contributed by atoms with Crippen molar-refractivity contribution in [2.24, 2.45) is 0 Å². The number of benzene rings is 3. The van der Waals surface area contributed by atoms with Crippen molar-refractivity contribution in [3.63, 3.8) is 0 Å². The van der Waals surface area contributed by atoms with E-state index in [2.05, 4.69) is 21.2 Å². The first-order valence-corrected chi connectivity index (χ1v) is 11.2. The predicted molar refractivity (Wildman–Crippen MR) is 132 cm³/mol. The largest absolute Gasteiger partial charge is 0.489 e. The van der Waals surface area contributed by atoms with Gasteiger partial charge in [-0.1, -0.05) is 40.2 Å². The minimum Gasteiger partial charge on any atom is -0.489 e. The number of imide groups is 2. The summed E-state index contributed by atoms with van der Waals surface area (Å²) in [6.07, 6.45) is 1.40. The van der Waals surface area contributed by atoms with Crippen LogP contribution < -0.4 is 15.0 Å². The molecule has 4 amide bonds. The smallest absolute Gasteiger partial charge is 0.335 e. The molecule has 0 aliphatic carbocycles. The first-order chi connectivity index (χ1) is 16.7. The molecule has 0 atom stereocenters. The van der Waals surface area contributed by atoms with Crippen LogP contribution >= 0.6 is 15.9 Å². The van der Waals surface area contributed by atoms with Gasteiger partial charge in [0.2, 0.25) is 0 Å². The lowest BCUT2D eigenvalue weighted by Gasteiger charge is -2.26. The van der Waals surface area contributed by atoms with E-state index in [9.17, 15) is 24.5 Å². The number of non-ortho nitro benzene ring substituents is 1. The number of barbiturate groups is 1. The zero-order valence-corrected chi connectivity index (χ0v) is 19.9. The molecule has 3 aromatic carbocycles. The molecule has 35 heavy (non-hydrogen) atoms. The number of hydrogen-bond acceptors (Lipinski definition) is 6. The zero-order valence-electron chi connectivity index (χ0n) is 18.4. The van der Waals surface area contributed by atoms with Crippen molar-refractivity contribution in [2.75, 3.05) is 4.90 Å². The Labute approximate surface area is 208 Å². The predicted octanol–water partition coefficient (Wildman–Crippen LogP) is 4.91. The third-order valence-corrected chi connectivity index (χ3v) is 6.11. The van der Waals surface area contributed by atoms with E-state index in [0.29, 0.717) is 22.6 Å². The van der Waals surface area contributed by atoms with E-state index in [1.165, 1.54) is 18.2 Å². The first-order valence-electron chi connectivity index (χ1n) is 10.4. The Hall–Kier alpha value is -4.31. The third-order valence-electron chi connectivity index (χ3n) is 5.22. The molecule has 4 rings (SSSR count). The Morgan fingerprint density at radius 1 is 1.06 bits per heavy atom. The van der Waals surface area contributed by atoms with Gasteiger partial charge in [0.15, 0.2) is 0 Å². The summed E-state index contributed by atoms with van der Waals surface area (Å²) in [4.78, 5) is 49.2. The summed E-state index contributed by atoms with van der Waals surface area (Å²) in [6, 6.07) is 16.9. The molecular formula is C25H18BrN3O6. The lowest BCUT2D eigenvalue weighted by atomic mass is 10.1. The molecule has 1 saturated heterocycles. The van der Waals surface area contributed by atoms with Crippen LogP contribution in [-0.4, -0.2) is 22.8 Å². The van der Waals surface area contributed by atoms with Crippen LogP contribution in [0.3, 0.4) is 0 Å². The van der Waals surface area contributed by atoms with Crippen LogP contribution in [0.25, 0.3) is 6.08 Å². The number of nitro groups is 1. The Morgan fingerprint density at radius 3 is 2.49 bits per heavy atom. The van der Waals surface area contributed by atoms with Gasteiger partial charge in [-0.15, -0.1) is 0 Å². The summed E-state index contributed by atoms with van der Waals surface area (Å²) in [6.45, 7) is 1.96. The van der Waals surface area contributed by atoms with E-state index in [1.54, 1.807) is 54.6 Å². The summed E-state index contributed by atoms with van der Waals surface area (Å²) in [7, 11) is 0. The molecule has 176 valence electrons. The number of ether oxygens (including phenoxy) is 1. The molecule has 1 aliphatic rings. The van der Waals surface area contributed by atoms with Crippen molar-refractivity contribution in [1.82, 2.24) is 5.32 Å². The molecule has 0 bridgehead atoms. The maximum Gasteiger partial charge on any atom is 0.335 e. The van der Waals surface area contributed by atoms with Gasteiger partial charge in [0.05, 0.1) is 10.6 Å². The highest BCUT2D eigenvalue weighted by molar-refractivity contribution is 9.10. The quantitative estimate of drug-likeness (QED) is 0.207. The van der Waals surface area contributed by atoms with Gasteiger partial charge in [-0.3, -0.25) is 25.0 Å². The highest BCUT2D eigenvalue weighted by Crippen LogP contribution is 2.27. The van der Waals surface area contributed by atoms with Crippen LogP contribution in [0, 0.1) is 17.0 Å². The Bertz CT molecular complexity index is 1380. The number of aryl methyl sites for hydroxylation is 1. The van der Waals surface area contributed by atoms with E-state index in [-0.39, 0.29) is 17.9 Å². The lowest BCUT2D eigenvalue weighted by molar-refractivity contribution is -0.384. The molecule has 0 radical (unpaired) electrons. The second-order valence-electron chi connectivity index (χ2n) is 7.68. The Kier molecular flexibility index (Phi) is 6.74. The number of carbonyl (C=O) groups is 3. The van der Waals surface area contributed by atoms with E-state index in [1.807, 2.05) is 6.92 Å². The number of anilines is 1.